The number of rotatable bonds is 4. The minimum Gasteiger partial charge on any atom is -0.388 e. The largest absolute Gasteiger partial charge is 0.388 e. The molecule has 0 spiro atoms. The third kappa shape index (κ3) is 2.91. The lowest BCUT2D eigenvalue weighted by Crippen LogP contribution is -2.59. The molecule has 4 nitrogen and oxygen atoms in total. The highest BCUT2D eigenvalue weighted by Gasteiger charge is 2.36. The predicted molar refractivity (Wildman–Crippen MR) is 58.9 cm³/mol. The Kier molecular flexibility index (Phi) is 3.61. The van der Waals surface area contributed by atoms with Gasteiger partial charge in [-0.05, 0) is 32.9 Å². The lowest BCUT2D eigenvalue weighted by Gasteiger charge is -2.44. The van der Waals surface area contributed by atoms with Crippen molar-refractivity contribution >= 4 is 0 Å². The van der Waals surface area contributed by atoms with E-state index in [1.807, 2.05) is 6.92 Å². The summed E-state index contributed by atoms with van der Waals surface area (Å²) in [6.07, 6.45) is 2.16. The molecule has 0 aromatic rings. The van der Waals surface area contributed by atoms with Gasteiger partial charge in [-0.2, -0.15) is 0 Å². The van der Waals surface area contributed by atoms with Crippen LogP contribution < -0.4 is 5.32 Å². The molecule has 2 saturated heterocycles. The smallest absolute Gasteiger partial charge is 0.0828 e. The summed E-state index contributed by atoms with van der Waals surface area (Å²) >= 11 is 0. The van der Waals surface area contributed by atoms with Gasteiger partial charge < -0.3 is 15.2 Å². The zero-order chi connectivity index (χ0) is 10.7. The third-order valence-electron chi connectivity index (χ3n) is 3.38. The van der Waals surface area contributed by atoms with Crippen molar-refractivity contribution in [3.8, 4) is 0 Å². The van der Waals surface area contributed by atoms with Crippen LogP contribution in [0.3, 0.4) is 0 Å². The van der Waals surface area contributed by atoms with Crippen LogP contribution in [0.25, 0.3) is 0 Å². The van der Waals surface area contributed by atoms with Gasteiger partial charge in [0.05, 0.1) is 11.7 Å². The first-order valence-corrected chi connectivity index (χ1v) is 5.99. The average Bonchev–Trinajstić information content (AvgIpc) is 2.16. The summed E-state index contributed by atoms with van der Waals surface area (Å²) in [5.74, 6) is 0. The average molecular weight is 214 g/mol. The molecule has 0 bridgehead atoms. The van der Waals surface area contributed by atoms with E-state index in [2.05, 4.69) is 10.2 Å². The summed E-state index contributed by atoms with van der Waals surface area (Å²) in [5.41, 5.74) is -0.456. The van der Waals surface area contributed by atoms with Crippen LogP contribution in [0.2, 0.25) is 0 Å². The minimum atomic E-state index is -0.456. The lowest BCUT2D eigenvalue weighted by atomic mass is 9.90. The van der Waals surface area contributed by atoms with Gasteiger partial charge in [0.15, 0.2) is 0 Å². The van der Waals surface area contributed by atoms with E-state index in [0.29, 0.717) is 6.10 Å². The Bertz CT molecular complexity index is 199. The molecule has 4 heteroatoms. The van der Waals surface area contributed by atoms with Crippen molar-refractivity contribution in [3.63, 3.8) is 0 Å². The number of hydrogen-bond acceptors (Lipinski definition) is 4. The van der Waals surface area contributed by atoms with Gasteiger partial charge in [-0.1, -0.05) is 0 Å². The SMILES string of the molecule is CCOC1CN(CC2(O)CCNCC2)C1. The van der Waals surface area contributed by atoms with Gasteiger partial charge >= 0.3 is 0 Å². The van der Waals surface area contributed by atoms with Crippen molar-refractivity contribution < 1.29 is 9.84 Å². The number of nitrogens with zero attached hydrogens (tertiary/aromatic N) is 1. The van der Waals surface area contributed by atoms with E-state index >= 15 is 0 Å². The van der Waals surface area contributed by atoms with Gasteiger partial charge in [0, 0.05) is 26.2 Å². The molecule has 0 amide bonds. The molecule has 2 heterocycles. The maximum absolute atomic E-state index is 10.3. The van der Waals surface area contributed by atoms with Crippen molar-refractivity contribution in [2.24, 2.45) is 0 Å². The Morgan fingerprint density at radius 3 is 2.67 bits per heavy atom. The summed E-state index contributed by atoms with van der Waals surface area (Å²) in [6, 6.07) is 0. The Morgan fingerprint density at radius 2 is 2.07 bits per heavy atom. The number of likely N-dealkylation sites (tertiary alicyclic amines) is 1. The van der Waals surface area contributed by atoms with Crippen LogP contribution in [0.15, 0.2) is 0 Å². The normalized spacial score (nSPS) is 27.6. The highest BCUT2D eigenvalue weighted by molar-refractivity contribution is 4.91. The molecule has 0 unspecified atom stereocenters. The molecule has 0 atom stereocenters. The molecule has 0 saturated carbocycles. The van der Waals surface area contributed by atoms with Crippen LogP contribution in [-0.4, -0.2) is 61.0 Å². The van der Waals surface area contributed by atoms with Crippen LogP contribution in [0.5, 0.6) is 0 Å². The molecular formula is C11H22N2O2. The molecule has 88 valence electrons. The number of nitrogens with one attached hydrogen (secondary N) is 1. The van der Waals surface area contributed by atoms with E-state index in [0.717, 1.165) is 52.2 Å². The van der Waals surface area contributed by atoms with Gasteiger partial charge in [-0.15, -0.1) is 0 Å². The van der Waals surface area contributed by atoms with Crippen molar-refractivity contribution in [1.82, 2.24) is 10.2 Å². The Labute approximate surface area is 91.6 Å². The first kappa shape index (κ1) is 11.3. The Hall–Kier alpha value is -0.160. The van der Waals surface area contributed by atoms with Crippen LogP contribution in [0, 0.1) is 0 Å². The van der Waals surface area contributed by atoms with Crippen molar-refractivity contribution in [2.45, 2.75) is 31.5 Å². The molecule has 2 N–H and O–H groups in total. The van der Waals surface area contributed by atoms with Crippen LogP contribution in [0.1, 0.15) is 19.8 Å². The fourth-order valence-corrected chi connectivity index (χ4v) is 2.46. The molecule has 15 heavy (non-hydrogen) atoms. The van der Waals surface area contributed by atoms with Crippen molar-refractivity contribution in [1.29, 1.82) is 0 Å². The van der Waals surface area contributed by atoms with E-state index in [1.54, 1.807) is 0 Å². The molecule has 0 aromatic heterocycles. The van der Waals surface area contributed by atoms with Crippen LogP contribution in [-0.2, 0) is 4.74 Å². The Morgan fingerprint density at radius 1 is 1.40 bits per heavy atom. The molecular weight excluding hydrogens is 192 g/mol. The topological polar surface area (TPSA) is 44.7 Å². The van der Waals surface area contributed by atoms with Crippen molar-refractivity contribution in [3.05, 3.63) is 0 Å². The summed E-state index contributed by atoms with van der Waals surface area (Å²) in [6.45, 7) is 7.51. The van der Waals surface area contributed by atoms with E-state index in [-0.39, 0.29) is 0 Å². The summed E-state index contributed by atoms with van der Waals surface area (Å²) < 4.78 is 5.49. The van der Waals surface area contributed by atoms with Gasteiger partial charge in [0.1, 0.15) is 0 Å². The van der Waals surface area contributed by atoms with E-state index in [4.69, 9.17) is 4.74 Å². The zero-order valence-corrected chi connectivity index (χ0v) is 9.54. The first-order valence-electron chi connectivity index (χ1n) is 5.99. The number of piperidine rings is 1. The first-order chi connectivity index (χ1) is 7.22. The zero-order valence-electron chi connectivity index (χ0n) is 9.54. The van der Waals surface area contributed by atoms with Crippen molar-refractivity contribution in [2.75, 3.05) is 39.3 Å². The summed E-state index contributed by atoms with van der Waals surface area (Å²) in [7, 11) is 0. The van der Waals surface area contributed by atoms with Gasteiger partial charge in [0.2, 0.25) is 0 Å². The van der Waals surface area contributed by atoms with Gasteiger partial charge in [0.25, 0.3) is 0 Å². The molecule has 2 aliphatic rings. The maximum atomic E-state index is 10.3. The second kappa shape index (κ2) is 4.78. The Balaban J connectivity index is 1.69. The molecule has 2 aliphatic heterocycles. The fraction of sp³-hybridized carbons (Fsp3) is 1.00. The predicted octanol–water partition coefficient (Wildman–Crippen LogP) is -0.178. The standard InChI is InChI=1S/C11H22N2O2/c1-2-15-10-7-13(8-10)9-11(14)3-5-12-6-4-11/h10,12,14H,2-9H2,1H3. The molecule has 2 rings (SSSR count). The summed E-state index contributed by atoms with van der Waals surface area (Å²) in [4.78, 5) is 2.30. The second-order valence-electron chi connectivity index (χ2n) is 4.75. The summed E-state index contributed by atoms with van der Waals surface area (Å²) in [5, 5.41) is 13.6. The van der Waals surface area contributed by atoms with E-state index in [9.17, 15) is 5.11 Å². The molecule has 0 radical (unpaired) electrons. The highest BCUT2D eigenvalue weighted by Crippen LogP contribution is 2.22. The second-order valence-corrected chi connectivity index (χ2v) is 4.75. The monoisotopic (exact) mass is 214 g/mol. The van der Waals surface area contributed by atoms with Crippen LogP contribution in [0.4, 0.5) is 0 Å². The number of hydrogen-bond donors (Lipinski definition) is 2. The number of β-amino-alcohol motifs (C(OH)–C–C–N with tert-alkyl or cyclic N) is 1. The number of ether oxygens (including phenoxy) is 1. The molecule has 2 fully saturated rings. The van der Waals surface area contributed by atoms with Crippen LogP contribution >= 0.6 is 0 Å². The van der Waals surface area contributed by atoms with E-state index < -0.39 is 5.60 Å². The minimum absolute atomic E-state index is 0.403. The van der Waals surface area contributed by atoms with Gasteiger partial charge in [-0.25, -0.2) is 0 Å². The van der Waals surface area contributed by atoms with E-state index in [1.165, 1.54) is 0 Å². The highest BCUT2D eigenvalue weighted by atomic mass is 16.5. The third-order valence-corrected chi connectivity index (χ3v) is 3.38. The number of aliphatic hydroxyl groups is 1. The maximum Gasteiger partial charge on any atom is 0.0828 e. The lowest BCUT2D eigenvalue weighted by molar-refractivity contribution is -0.0934. The fourth-order valence-electron chi connectivity index (χ4n) is 2.46. The molecule has 0 aromatic carbocycles. The quantitative estimate of drug-likeness (QED) is 0.681. The van der Waals surface area contributed by atoms with Gasteiger partial charge in [-0.3, -0.25) is 4.90 Å². The molecule has 0 aliphatic carbocycles.